The number of hydrogen-bond acceptors (Lipinski definition) is 4. The number of aryl methyl sites for hydroxylation is 2. The molecule has 0 amide bonds. The fraction of sp³-hybridized carbons (Fsp3) is 0.200. The van der Waals surface area contributed by atoms with Gasteiger partial charge in [-0.2, -0.15) is 5.10 Å². The Morgan fingerprint density at radius 2 is 2.00 bits per heavy atom. The minimum absolute atomic E-state index is 0.0342. The van der Waals surface area contributed by atoms with Crippen molar-refractivity contribution in [2.45, 2.75) is 17.0 Å². The first-order valence-electron chi connectivity index (χ1n) is 4.77. The lowest BCUT2D eigenvalue weighted by Gasteiger charge is -2.04. The van der Waals surface area contributed by atoms with Gasteiger partial charge in [0.2, 0.25) is 0 Å². The summed E-state index contributed by atoms with van der Waals surface area (Å²) < 4.78 is 28.0. The van der Waals surface area contributed by atoms with Crippen LogP contribution in [0.2, 0.25) is 0 Å². The SMILES string of the molecule is Cc1cc(Sc2nc(N)c(F)cc2F)n(C)n1. The Kier molecular flexibility index (Phi) is 3.01. The summed E-state index contributed by atoms with van der Waals surface area (Å²) in [5.74, 6) is -1.90. The third-order valence-corrected chi connectivity index (χ3v) is 3.16. The summed E-state index contributed by atoms with van der Waals surface area (Å²) in [7, 11) is 1.74. The Labute approximate surface area is 101 Å². The van der Waals surface area contributed by atoms with Crippen LogP contribution < -0.4 is 5.73 Å². The van der Waals surface area contributed by atoms with Crippen LogP contribution >= 0.6 is 11.8 Å². The smallest absolute Gasteiger partial charge is 0.168 e. The second-order valence-electron chi connectivity index (χ2n) is 3.49. The molecule has 0 aliphatic heterocycles. The van der Waals surface area contributed by atoms with Gasteiger partial charge in [-0.25, -0.2) is 13.8 Å². The predicted octanol–water partition coefficient (Wildman–Crippen LogP) is 2.14. The summed E-state index contributed by atoms with van der Waals surface area (Å²) in [6.45, 7) is 1.83. The van der Waals surface area contributed by atoms with E-state index in [-0.39, 0.29) is 10.8 Å². The topological polar surface area (TPSA) is 56.7 Å². The van der Waals surface area contributed by atoms with Gasteiger partial charge in [-0.15, -0.1) is 0 Å². The summed E-state index contributed by atoms with van der Waals surface area (Å²) in [6, 6.07) is 2.51. The number of halogens is 2. The first-order chi connectivity index (χ1) is 7.97. The van der Waals surface area contributed by atoms with Crippen molar-refractivity contribution in [1.82, 2.24) is 14.8 Å². The van der Waals surface area contributed by atoms with Crippen molar-refractivity contribution in [1.29, 1.82) is 0 Å². The van der Waals surface area contributed by atoms with Crippen LogP contribution in [0.15, 0.2) is 22.2 Å². The van der Waals surface area contributed by atoms with Gasteiger partial charge in [-0.3, -0.25) is 4.68 Å². The first-order valence-corrected chi connectivity index (χ1v) is 5.59. The highest BCUT2D eigenvalue weighted by atomic mass is 32.2. The van der Waals surface area contributed by atoms with E-state index in [9.17, 15) is 8.78 Å². The Bertz CT molecular complexity index is 568. The largest absolute Gasteiger partial charge is 0.381 e. The maximum absolute atomic E-state index is 13.4. The summed E-state index contributed by atoms with van der Waals surface area (Å²) >= 11 is 1.05. The molecule has 0 spiro atoms. The number of nitrogen functional groups attached to an aromatic ring is 1. The third kappa shape index (κ3) is 2.38. The van der Waals surface area contributed by atoms with Crippen molar-refractivity contribution in [3.05, 3.63) is 29.5 Å². The van der Waals surface area contributed by atoms with Gasteiger partial charge in [-0.05, 0) is 24.8 Å². The zero-order chi connectivity index (χ0) is 12.6. The van der Waals surface area contributed by atoms with Crippen LogP contribution in [-0.4, -0.2) is 14.8 Å². The maximum atomic E-state index is 13.4. The number of pyridine rings is 1. The molecule has 4 nitrogen and oxygen atoms in total. The van der Waals surface area contributed by atoms with E-state index in [4.69, 9.17) is 5.73 Å². The molecular weight excluding hydrogens is 246 g/mol. The van der Waals surface area contributed by atoms with Gasteiger partial charge in [0.25, 0.3) is 0 Å². The van der Waals surface area contributed by atoms with E-state index in [2.05, 4.69) is 10.1 Å². The second kappa shape index (κ2) is 4.33. The summed E-state index contributed by atoms with van der Waals surface area (Å²) in [5.41, 5.74) is 6.11. The van der Waals surface area contributed by atoms with Crippen molar-refractivity contribution >= 4 is 17.6 Å². The van der Waals surface area contributed by atoms with E-state index in [1.165, 1.54) is 0 Å². The number of hydrogen-bond donors (Lipinski definition) is 1. The molecule has 2 N–H and O–H groups in total. The second-order valence-corrected chi connectivity index (χ2v) is 4.50. The normalized spacial score (nSPS) is 10.8. The molecule has 2 aromatic rings. The van der Waals surface area contributed by atoms with E-state index < -0.39 is 11.6 Å². The molecular formula is C10H10F2N4S. The third-order valence-electron chi connectivity index (χ3n) is 2.08. The minimum atomic E-state index is -0.854. The molecule has 0 bridgehead atoms. The highest BCUT2D eigenvalue weighted by Crippen LogP contribution is 2.29. The number of nitrogens with zero attached hydrogens (tertiary/aromatic N) is 3. The summed E-state index contributed by atoms with van der Waals surface area (Å²) in [5, 5.41) is 4.86. The van der Waals surface area contributed by atoms with Gasteiger partial charge in [-0.1, -0.05) is 0 Å². The highest BCUT2D eigenvalue weighted by molar-refractivity contribution is 7.99. The highest BCUT2D eigenvalue weighted by Gasteiger charge is 2.13. The zero-order valence-corrected chi connectivity index (χ0v) is 10.1. The monoisotopic (exact) mass is 256 g/mol. The van der Waals surface area contributed by atoms with Crippen LogP contribution in [0.4, 0.5) is 14.6 Å². The van der Waals surface area contributed by atoms with Gasteiger partial charge in [0.15, 0.2) is 17.5 Å². The van der Waals surface area contributed by atoms with E-state index in [1.54, 1.807) is 17.8 Å². The van der Waals surface area contributed by atoms with Crippen LogP contribution in [-0.2, 0) is 7.05 Å². The van der Waals surface area contributed by atoms with Crippen molar-refractivity contribution in [2.24, 2.45) is 7.05 Å². The van der Waals surface area contributed by atoms with E-state index in [1.807, 2.05) is 6.92 Å². The molecule has 2 aromatic heterocycles. The molecule has 0 atom stereocenters. The van der Waals surface area contributed by atoms with Gasteiger partial charge < -0.3 is 5.73 Å². The molecule has 0 aliphatic carbocycles. The van der Waals surface area contributed by atoms with Crippen LogP contribution in [0.25, 0.3) is 0 Å². The molecule has 0 aromatic carbocycles. The van der Waals surface area contributed by atoms with Crippen LogP contribution in [0, 0.1) is 18.6 Å². The predicted molar refractivity (Wildman–Crippen MR) is 60.6 cm³/mol. The fourth-order valence-electron chi connectivity index (χ4n) is 1.32. The summed E-state index contributed by atoms with van der Waals surface area (Å²) in [6.07, 6.45) is 0. The van der Waals surface area contributed by atoms with Crippen molar-refractivity contribution in [3.63, 3.8) is 0 Å². The lowest BCUT2D eigenvalue weighted by Crippen LogP contribution is -2.00. The number of rotatable bonds is 2. The molecule has 0 fully saturated rings. The molecule has 2 rings (SSSR count). The van der Waals surface area contributed by atoms with E-state index >= 15 is 0 Å². The molecule has 0 unspecified atom stereocenters. The van der Waals surface area contributed by atoms with Gasteiger partial charge >= 0.3 is 0 Å². The molecule has 7 heteroatoms. The standard InChI is InChI=1S/C10H10F2N4S/c1-5-3-8(16(2)15-5)17-10-7(12)4-6(11)9(13)14-10/h3-4H,1-2H3,(H2,13,14). The lowest BCUT2D eigenvalue weighted by atomic mass is 10.4. The summed E-state index contributed by atoms with van der Waals surface area (Å²) in [4.78, 5) is 3.67. The number of anilines is 1. The van der Waals surface area contributed by atoms with Gasteiger partial charge in [0.1, 0.15) is 10.1 Å². The Morgan fingerprint density at radius 3 is 2.59 bits per heavy atom. The van der Waals surface area contributed by atoms with Gasteiger partial charge in [0.05, 0.1) is 5.69 Å². The van der Waals surface area contributed by atoms with Gasteiger partial charge in [0, 0.05) is 13.1 Å². The van der Waals surface area contributed by atoms with E-state index in [0.717, 1.165) is 23.5 Å². The maximum Gasteiger partial charge on any atom is 0.168 e. The van der Waals surface area contributed by atoms with Crippen LogP contribution in [0.5, 0.6) is 0 Å². The quantitative estimate of drug-likeness (QED) is 0.894. The minimum Gasteiger partial charge on any atom is -0.381 e. The fourth-order valence-corrected chi connectivity index (χ4v) is 2.22. The van der Waals surface area contributed by atoms with Crippen molar-refractivity contribution in [3.8, 4) is 0 Å². The first kappa shape index (κ1) is 11.8. The lowest BCUT2D eigenvalue weighted by molar-refractivity contribution is 0.552. The molecule has 90 valence electrons. The molecule has 0 aliphatic rings. The number of aromatic nitrogens is 3. The average Bonchev–Trinajstić information content (AvgIpc) is 2.54. The van der Waals surface area contributed by atoms with Crippen molar-refractivity contribution in [2.75, 3.05) is 5.73 Å². The number of nitrogens with two attached hydrogens (primary N) is 1. The van der Waals surface area contributed by atoms with Crippen molar-refractivity contribution < 1.29 is 8.78 Å². The Morgan fingerprint density at radius 1 is 1.29 bits per heavy atom. The molecule has 0 saturated carbocycles. The average molecular weight is 256 g/mol. The molecule has 0 radical (unpaired) electrons. The Hall–Kier alpha value is -1.63. The van der Waals surface area contributed by atoms with Crippen LogP contribution in [0.3, 0.4) is 0 Å². The Balaban J connectivity index is 2.36. The van der Waals surface area contributed by atoms with Crippen LogP contribution in [0.1, 0.15) is 5.69 Å². The molecule has 0 saturated heterocycles. The molecule has 17 heavy (non-hydrogen) atoms. The zero-order valence-electron chi connectivity index (χ0n) is 9.24. The van der Waals surface area contributed by atoms with E-state index in [0.29, 0.717) is 5.03 Å². The molecule has 2 heterocycles.